The van der Waals surface area contributed by atoms with Gasteiger partial charge in [0, 0.05) is 24.7 Å². The highest BCUT2D eigenvalue weighted by atomic mass is 16.5. The fourth-order valence-corrected chi connectivity index (χ4v) is 2.76. The Kier molecular flexibility index (Phi) is 4.25. The number of nitrogens with one attached hydrogen (secondary N) is 1. The number of hydrogen-bond donors (Lipinski definition) is 2. The number of ether oxygens (including phenoxy) is 1. The van der Waals surface area contributed by atoms with Crippen molar-refractivity contribution < 1.29 is 9.84 Å². The van der Waals surface area contributed by atoms with Crippen molar-refractivity contribution in [2.45, 2.75) is 25.0 Å². The zero-order valence-corrected chi connectivity index (χ0v) is 11.5. The summed E-state index contributed by atoms with van der Waals surface area (Å²) < 4.78 is 5.61. The highest BCUT2D eigenvalue weighted by Gasteiger charge is 2.19. The summed E-state index contributed by atoms with van der Waals surface area (Å²) in [4.78, 5) is 4.45. The molecular formula is C16H20N2O2. The minimum atomic E-state index is -0.0993. The van der Waals surface area contributed by atoms with Crippen LogP contribution in [0.1, 0.15) is 24.4 Å². The van der Waals surface area contributed by atoms with Gasteiger partial charge in [0.25, 0.3) is 0 Å². The summed E-state index contributed by atoms with van der Waals surface area (Å²) in [5.41, 5.74) is 2.00. The number of aliphatic hydroxyl groups is 1. The molecule has 3 rings (SSSR count). The van der Waals surface area contributed by atoms with E-state index in [1.807, 2.05) is 30.3 Å². The van der Waals surface area contributed by atoms with Crippen LogP contribution in [0.25, 0.3) is 10.9 Å². The highest BCUT2D eigenvalue weighted by molar-refractivity contribution is 5.82. The van der Waals surface area contributed by atoms with E-state index in [0.717, 1.165) is 42.5 Å². The van der Waals surface area contributed by atoms with E-state index in [1.165, 1.54) is 0 Å². The molecule has 0 aliphatic carbocycles. The average Bonchev–Trinajstić information content (AvgIpc) is 3.01. The van der Waals surface area contributed by atoms with Crippen molar-refractivity contribution in [1.82, 2.24) is 10.3 Å². The predicted octanol–water partition coefficient (Wildman–Crippen LogP) is 2.04. The number of hydrogen-bond acceptors (Lipinski definition) is 4. The minimum Gasteiger partial charge on any atom is -0.394 e. The largest absolute Gasteiger partial charge is 0.394 e. The van der Waals surface area contributed by atoms with Crippen molar-refractivity contribution in [3.8, 4) is 0 Å². The number of aliphatic hydroxyl groups excluding tert-OH is 1. The van der Waals surface area contributed by atoms with E-state index in [9.17, 15) is 5.11 Å². The molecular weight excluding hydrogens is 252 g/mol. The SMILES string of the molecule is OCC(NCC1CCCO1)c1cccc2cccnc12. The summed E-state index contributed by atoms with van der Waals surface area (Å²) in [6.07, 6.45) is 4.29. The van der Waals surface area contributed by atoms with Crippen LogP contribution in [0.15, 0.2) is 36.5 Å². The molecule has 0 radical (unpaired) electrons. The average molecular weight is 272 g/mol. The lowest BCUT2D eigenvalue weighted by Crippen LogP contribution is -2.32. The van der Waals surface area contributed by atoms with Crippen molar-refractivity contribution in [2.75, 3.05) is 19.8 Å². The Bertz CT molecular complexity index is 562. The van der Waals surface area contributed by atoms with Gasteiger partial charge in [0.05, 0.1) is 24.3 Å². The van der Waals surface area contributed by atoms with Gasteiger partial charge in [0.15, 0.2) is 0 Å². The maximum atomic E-state index is 9.68. The fraction of sp³-hybridized carbons (Fsp3) is 0.438. The molecule has 0 amide bonds. The Morgan fingerprint density at radius 2 is 2.25 bits per heavy atom. The van der Waals surface area contributed by atoms with Crippen molar-refractivity contribution in [1.29, 1.82) is 0 Å². The van der Waals surface area contributed by atoms with Gasteiger partial charge in [-0.25, -0.2) is 0 Å². The molecule has 1 fully saturated rings. The van der Waals surface area contributed by atoms with Crippen LogP contribution in [0, 0.1) is 0 Å². The Morgan fingerprint density at radius 3 is 3.05 bits per heavy atom. The molecule has 106 valence electrons. The molecule has 20 heavy (non-hydrogen) atoms. The second-order valence-electron chi connectivity index (χ2n) is 5.20. The molecule has 1 saturated heterocycles. The molecule has 2 unspecified atom stereocenters. The standard InChI is InChI=1S/C16H20N2O2/c19-11-15(18-10-13-6-3-9-20-13)14-7-1-4-12-5-2-8-17-16(12)14/h1-2,4-5,7-8,13,15,18-19H,3,6,9-11H2. The lowest BCUT2D eigenvalue weighted by molar-refractivity contribution is 0.104. The third kappa shape index (κ3) is 2.82. The number of aromatic nitrogens is 1. The van der Waals surface area contributed by atoms with Crippen LogP contribution in [0.3, 0.4) is 0 Å². The number of nitrogens with zero attached hydrogens (tertiary/aromatic N) is 1. The molecule has 0 bridgehead atoms. The molecule has 1 aromatic heterocycles. The van der Waals surface area contributed by atoms with Crippen LogP contribution in [0.2, 0.25) is 0 Å². The van der Waals surface area contributed by atoms with E-state index in [2.05, 4.69) is 10.3 Å². The third-order valence-electron chi connectivity index (χ3n) is 3.84. The lowest BCUT2D eigenvalue weighted by Gasteiger charge is -2.20. The van der Waals surface area contributed by atoms with Gasteiger partial charge in [-0.15, -0.1) is 0 Å². The van der Waals surface area contributed by atoms with Crippen molar-refractivity contribution in [3.63, 3.8) is 0 Å². The van der Waals surface area contributed by atoms with Crippen LogP contribution in [-0.2, 0) is 4.74 Å². The molecule has 4 nitrogen and oxygen atoms in total. The molecule has 2 atom stereocenters. The number of pyridine rings is 1. The van der Waals surface area contributed by atoms with Gasteiger partial charge in [-0.3, -0.25) is 4.98 Å². The van der Waals surface area contributed by atoms with Crippen LogP contribution < -0.4 is 5.32 Å². The predicted molar refractivity (Wildman–Crippen MR) is 78.5 cm³/mol. The zero-order chi connectivity index (χ0) is 13.8. The molecule has 2 heterocycles. The summed E-state index contributed by atoms with van der Waals surface area (Å²) in [6.45, 7) is 1.68. The van der Waals surface area contributed by atoms with Crippen LogP contribution in [0.4, 0.5) is 0 Å². The first-order valence-electron chi connectivity index (χ1n) is 7.18. The van der Waals surface area contributed by atoms with Gasteiger partial charge in [-0.1, -0.05) is 24.3 Å². The van der Waals surface area contributed by atoms with Gasteiger partial charge < -0.3 is 15.2 Å². The van der Waals surface area contributed by atoms with E-state index < -0.39 is 0 Å². The monoisotopic (exact) mass is 272 g/mol. The first kappa shape index (κ1) is 13.5. The van der Waals surface area contributed by atoms with Gasteiger partial charge in [-0.05, 0) is 24.5 Å². The Balaban J connectivity index is 1.79. The maximum absolute atomic E-state index is 9.68. The summed E-state index contributed by atoms with van der Waals surface area (Å²) in [7, 11) is 0. The first-order chi connectivity index (χ1) is 9.88. The molecule has 2 aromatic rings. The molecule has 2 N–H and O–H groups in total. The second-order valence-corrected chi connectivity index (χ2v) is 5.20. The Morgan fingerprint density at radius 1 is 1.35 bits per heavy atom. The number of para-hydroxylation sites is 1. The number of benzene rings is 1. The molecule has 1 aliphatic heterocycles. The maximum Gasteiger partial charge on any atom is 0.0750 e. The van der Waals surface area contributed by atoms with Crippen LogP contribution in [-0.4, -0.2) is 36.0 Å². The van der Waals surface area contributed by atoms with Crippen molar-refractivity contribution >= 4 is 10.9 Å². The quantitative estimate of drug-likeness (QED) is 0.874. The molecule has 1 aromatic carbocycles. The molecule has 1 aliphatic rings. The fourth-order valence-electron chi connectivity index (χ4n) is 2.76. The van der Waals surface area contributed by atoms with E-state index in [-0.39, 0.29) is 18.8 Å². The van der Waals surface area contributed by atoms with Gasteiger partial charge >= 0.3 is 0 Å². The van der Waals surface area contributed by atoms with Gasteiger partial charge in [0.2, 0.25) is 0 Å². The Labute approximate surface area is 118 Å². The summed E-state index contributed by atoms with van der Waals surface area (Å²) >= 11 is 0. The van der Waals surface area contributed by atoms with Crippen LogP contribution >= 0.6 is 0 Å². The topological polar surface area (TPSA) is 54.4 Å². The Hall–Kier alpha value is -1.49. The first-order valence-corrected chi connectivity index (χ1v) is 7.18. The van der Waals surface area contributed by atoms with E-state index in [0.29, 0.717) is 0 Å². The van der Waals surface area contributed by atoms with Gasteiger partial charge in [-0.2, -0.15) is 0 Å². The van der Waals surface area contributed by atoms with Crippen molar-refractivity contribution in [3.05, 3.63) is 42.1 Å². The smallest absolute Gasteiger partial charge is 0.0750 e. The van der Waals surface area contributed by atoms with Gasteiger partial charge in [0.1, 0.15) is 0 Å². The molecule has 0 spiro atoms. The number of fused-ring (bicyclic) bond motifs is 1. The molecule has 0 saturated carbocycles. The zero-order valence-electron chi connectivity index (χ0n) is 11.5. The van der Waals surface area contributed by atoms with E-state index in [1.54, 1.807) is 6.20 Å². The highest BCUT2D eigenvalue weighted by Crippen LogP contribution is 2.22. The van der Waals surface area contributed by atoms with E-state index in [4.69, 9.17) is 4.74 Å². The number of rotatable bonds is 5. The summed E-state index contributed by atoms with van der Waals surface area (Å²) in [5.74, 6) is 0. The molecule has 4 heteroatoms. The lowest BCUT2D eigenvalue weighted by atomic mass is 10.0. The van der Waals surface area contributed by atoms with Crippen LogP contribution in [0.5, 0.6) is 0 Å². The van der Waals surface area contributed by atoms with Crippen molar-refractivity contribution in [2.24, 2.45) is 0 Å². The normalized spacial score (nSPS) is 20.4. The minimum absolute atomic E-state index is 0.0579. The summed E-state index contributed by atoms with van der Waals surface area (Å²) in [6, 6.07) is 9.95. The summed E-state index contributed by atoms with van der Waals surface area (Å²) in [5, 5.41) is 14.2. The van der Waals surface area contributed by atoms with E-state index >= 15 is 0 Å². The third-order valence-corrected chi connectivity index (χ3v) is 3.84. The second kappa shape index (κ2) is 6.31.